The first-order chi connectivity index (χ1) is 31.7. The van der Waals surface area contributed by atoms with Crippen LogP contribution in [0.1, 0.15) is 76.0 Å². The van der Waals surface area contributed by atoms with Gasteiger partial charge in [-0.2, -0.15) is 0 Å². The van der Waals surface area contributed by atoms with E-state index in [2.05, 4.69) is 49.7 Å². The van der Waals surface area contributed by atoms with Crippen molar-refractivity contribution in [3.8, 4) is 11.5 Å². The lowest BCUT2D eigenvalue weighted by Gasteiger charge is -2.43. The zero-order valence-electron chi connectivity index (χ0n) is 36.2. The van der Waals surface area contributed by atoms with Gasteiger partial charge in [-0.25, -0.2) is 9.59 Å². The van der Waals surface area contributed by atoms with E-state index < -0.39 is 18.2 Å². The number of benzene rings is 5. The first kappa shape index (κ1) is 43.6. The number of nitrogens with zero attached hydrogens (tertiary/aromatic N) is 2. The summed E-state index contributed by atoms with van der Waals surface area (Å²) in [6, 6.07) is 38.9. The molecule has 1 amide bonds. The first-order valence-corrected chi connectivity index (χ1v) is 22.6. The second-order valence-electron chi connectivity index (χ2n) is 17.3. The van der Waals surface area contributed by atoms with Gasteiger partial charge in [-0.3, -0.25) is 9.69 Å². The van der Waals surface area contributed by atoms with Crippen LogP contribution in [0.3, 0.4) is 0 Å². The van der Waals surface area contributed by atoms with Crippen LogP contribution in [0.5, 0.6) is 11.5 Å². The molecule has 5 heterocycles. The van der Waals surface area contributed by atoms with Gasteiger partial charge in [-0.15, -0.1) is 0 Å². The number of aliphatic hydroxyl groups is 1. The number of nitrogens with one attached hydrogen (secondary N) is 3. The van der Waals surface area contributed by atoms with Crippen molar-refractivity contribution < 1.29 is 34.0 Å². The number of aromatic hydroxyl groups is 1. The summed E-state index contributed by atoms with van der Waals surface area (Å²) in [7, 11) is 0. The van der Waals surface area contributed by atoms with Crippen molar-refractivity contribution in [2.75, 3.05) is 44.2 Å². The number of ether oxygens (including phenoxy) is 3. The van der Waals surface area contributed by atoms with Crippen molar-refractivity contribution in [3.63, 3.8) is 0 Å². The Kier molecular flexibility index (Phi) is 13.4. The summed E-state index contributed by atoms with van der Waals surface area (Å²) in [6.07, 6.45) is 2.07. The molecule has 65 heavy (non-hydrogen) atoms. The maximum Gasteiger partial charge on any atom is 0.408 e. The van der Waals surface area contributed by atoms with Crippen molar-refractivity contribution in [2.45, 2.75) is 63.2 Å². The number of amides is 1. The number of anilines is 1. The maximum absolute atomic E-state index is 13.3. The molecule has 0 saturated carbocycles. The van der Waals surface area contributed by atoms with Gasteiger partial charge in [-0.05, 0) is 108 Å². The normalized spacial score (nSPS) is 19.3. The minimum absolute atomic E-state index is 0.0414. The van der Waals surface area contributed by atoms with Crippen molar-refractivity contribution in [1.82, 2.24) is 20.5 Å². The highest BCUT2D eigenvalue weighted by Gasteiger charge is 2.37. The van der Waals surface area contributed by atoms with Gasteiger partial charge in [0.05, 0.1) is 23.2 Å². The van der Waals surface area contributed by atoms with Gasteiger partial charge < -0.3 is 44.9 Å². The number of carbonyl (C=O) groups is 2. The average Bonchev–Trinajstić information content (AvgIpc) is 3.34. The number of hydrogen-bond donors (Lipinski definition) is 5. The van der Waals surface area contributed by atoms with Crippen LogP contribution in [0, 0.1) is 5.92 Å². The van der Waals surface area contributed by atoms with Crippen molar-refractivity contribution in [3.05, 3.63) is 171 Å². The quantitative estimate of drug-likeness (QED) is 0.0655. The standard InChI is InChI=1S/C52H55N5O8/c58-45-19-17-43(44-18-20-48(60)54-50(44)45)46(59)31-53-30-34-11-15-40(16-12-34)57-27-23-41(24-28-57)64-51(61)38-13-9-35(10-14-38)33-63-42-8-4-7-39(29-42)49(37-5-2-1-3-6-37)55-52(62)65-47-32-56-25-21-36(47)22-26-56/h1-20,29,36,41,46-47,49,53,58-59H,21-28,30-33H2,(H,54,60)(H,55,62)/t46?,47?,49-/m0/s1. The van der Waals surface area contributed by atoms with Crippen molar-refractivity contribution >= 4 is 28.7 Å². The number of alkyl carbamates (subject to hydrolysis) is 1. The molecule has 2 bridgehead atoms. The molecule has 10 rings (SSSR count). The van der Waals surface area contributed by atoms with Crippen molar-refractivity contribution in [2.24, 2.45) is 5.92 Å². The number of H-pyrrole nitrogens is 1. The largest absolute Gasteiger partial charge is 0.506 e. The Balaban J connectivity index is 0.718. The second-order valence-corrected chi connectivity index (χ2v) is 17.3. The lowest BCUT2D eigenvalue weighted by molar-refractivity contribution is -0.0336. The number of aromatic amines is 1. The van der Waals surface area contributed by atoms with Crippen LogP contribution in [-0.4, -0.2) is 83.6 Å². The van der Waals surface area contributed by atoms with Crippen LogP contribution in [0.4, 0.5) is 10.5 Å². The molecular weight excluding hydrogens is 823 g/mol. The van der Waals surface area contributed by atoms with Crippen LogP contribution in [0.2, 0.25) is 0 Å². The number of carbonyl (C=O) groups excluding carboxylic acids is 2. The number of fused-ring (bicyclic) bond motifs is 4. The molecule has 0 spiro atoms. The monoisotopic (exact) mass is 877 g/mol. The molecule has 13 heteroatoms. The fourth-order valence-corrected chi connectivity index (χ4v) is 9.31. The average molecular weight is 878 g/mol. The Morgan fingerprint density at radius 2 is 1.51 bits per heavy atom. The number of aliphatic hydroxyl groups excluding tert-OH is 1. The predicted octanol–water partition coefficient (Wildman–Crippen LogP) is 7.37. The molecule has 5 N–H and O–H groups in total. The summed E-state index contributed by atoms with van der Waals surface area (Å²) in [5.41, 5.74) is 5.98. The molecule has 4 aliphatic heterocycles. The van der Waals surface area contributed by atoms with E-state index in [1.54, 1.807) is 24.3 Å². The third kappa shape index (κ3) is 10.7. The fraction of sp³-hybridized carbons (Fsp3) is 0.327. The number of esters is 1. The summed E-state index contributed by atoms with van der Waals surface area (Å²) >= 11 is 0. The molecule has 13 nitrogen and oxygen atoms in total. The second kappa shape index (κ2) is 20.0. The van der Waals surface area contributed by atoms with Crippen LogP contribution >= 0.6 is 0 Å². The van der Waals surface area contributed by atoms with Crippen LogP contribution in [0.15, 0.2) is 132 Å². The number of phenolic OH excluding ortho intramolecular Hbond substituents is 1. The molecule has 5 aromatic carbocycles. The summed E-state index contributed by atoms with van der Waals surface area (Å²) in [4.78, 5) is 45.5. The van der Waals surface area contributed by atoms with Gasteiger partial charge in [-0.1, -0.05) is 72.8 Å². The number of hydrogen-bond acceptors (Lipinski definition) is 11. The van der Waals surface area contributed by atoms with E-state index in [4.69, 9.17) is 14.2 Å². The third-order valence-electron chi connectivity index (χ3n) is 13.0. The van der Waals surface area contributed by atoms with E-state index in [0.29, 0.717) is 46.8 Å². The molecule has 4 aliphatic rings. The molecule has 0 radical (unpaired) electrons. The minimum atomic E-state index is -0.836. The van der Waals surface area contributed by atoms with E-state index in [1.165, 1.54) is 12.1 Å². The van der Waals surface area contributed by atoms with Gasteiger partial charge in [0.25, 0.3) is 0 Å². The van der Waals surface area contributed by atoms with Gasteiger partial charge in [0.15, 0.2) is 0 Å². The maximum atomic E-state index is 13.3. The number of piperidine rings is 4. The molecule has 3 atom stereocenters. The summed E-state index contributed by atoms with van der Waals surface area (Å²) in [5.74, 6) is 0.697. The summed E-state index contributed by atoms with van der Waals surface area (Å²) < 4.78 is 18.1. The topological polar surface area (TPSA) is 166 Å². The van der Waals surface area contributed by atoms with E-state index in [9.17, 15) is 24.6 Å². The SMILES string of the molecule is O=C(N[C@@H](c1ccccc1)c1cccc(OCc2ccc(C(=O)OC3CCN(c4ccc(CNCC(O)c5ccc(O)c6[nH]c(=O)ccc56)cc4)CC3)cc2)c1)OC1CN2CCC1CC2. The van der Waals surface area contributed by atoms with Gasteiger partial charge in [0.1, 0.15) is 30.3 Å². The Bertz CT molecular complexity index is 2620. The van der Waals surface area contributed by atoms with E-state index >= 15 is 0 Å². The number of aromatic nitrogens is 1. The lowest BCUT2D eigenvalue weighted by atomic mass is 9.86. The Hall–Kier alpha value is -6.67. The highest BCUT2D eigenvalue weighted by molar-refractivity contribution is 5.89. The molecule has 336 valence electrons. The Morgan fingerprint density at radius 1 is 0.769 bits per heavy atom. The molecule has 6 aromatic rings. The Morgan fingerprint density at radius 3 is 2.25 bits per heavy atom. The van der Waals surface area contributed by atoms with Gasteiger partial charge in [0, 0.05) is 62.7 Å². The summed E-state index contributed by atoms with van der Waals surface area (Å²) in [5, 5.41) is 28.1. The van der Waals surface area contributed by atoms with Crippen molar-refractivity contribution in [1.29, 1.82) is 0 Å². The summed E-state index contributed by atoms with van der Waals surface area (Å²) in [6.45, 7) is 5.62. The third-order valence-corrected chi connectivity index (χ3v) is 13.0. The van der Waals surface area contributed by atoms with Crippen LogP contribution < -0.4 is 25.8 Å². The lowest BCUT2D eigenvalue weighted by Crippen LogP contribution is -2.52. The fourth-order valence-electron chi connectivity index (χ4n) is 9.31. The first-order valence-electron chi connectivity index (χ1n) is 22.6. The van der Waals surface area contributed by atoms with Gasteiger partial charge in [0.2, 0.25) is 5.56 Å². The zero-order valence-corrected chi connectivity index (χ0v) is 36.2. The number of rotatable bonds is 15. The van der Waals surface area contributed by atoms with Crippen LogP contribution in [-0.2, 0) is 22.6 Å². The number of pyridine rings is 1. The molecule has 0 aliphatic carbocycles. The minimum Gasteiger partial charge on any atom is -0.506 e. The van der Waals surface area contributed by atoms with E-state index in [-0.39, 0.29) is 36.0 Å². The highest BCUT2D eigenvalue weighted by atomic mass is 16.6. The zero-order chi connectivity index (χ0) is 44.7. The van der Waals surface area contributed by atoms with E-state index in [0.717, 1.165) is 86.3 Å². The van der Waals surface area contributed by atoms with E-state index in [1.807, 2.05) is 66.7 Å². The molecular formula is C52H55N5O8. The van der Waals surface area contributed by atoms with Crippen LogP contribution in [0.25, 0.3) is 10.9 Å². The molecule has 2 unspecified atom stereocenters. The Labute approximate surface area is 378 Å². The molecule has 1 aromatic heterocycles. The predicted molar refractivity (Wildman–Crippen MR) is 248 cm³/mol. The number of phenols is 1. The smallest absolute Gasteiger partial charge is 0.408 e. The molecule has 4 saturated heterocycles. The highest BCUT2D eigenvalue weighted by Crippen LogP contribution is 2.32. The van der Waals surface area contributed by atoms with Gasteiger partial charge >= 0.3 is 12.1 Å². The molecule has 4 fully saturated rings.